The zero-order valence-electron chi connectivity index (χ0n) is 8.40. The Morgan fingerprint density at radius 3 is 2.86 bits per heavy atom. The van der Waals surface area contributed by atoms with Crippen molar-refractivity contribution in [2.24, 2.45) is 5.92 Å². The third-order valence-electron chi connectivity index (χ3n) is 2.35. The Labute approximate surface area is 88.6 Å². The molecule has 0 aliphatic rings. The lowest BCUT2D eigenvalue weighted by Gasteiger charge is -2.09. The molecular weight excluding hydrogens is 196 g/mol. The molecule has 1 atom stereocenters. The standard InChI is InChI=1S/C11H16O2S/c1-2-3-10(11(12)13)5-4-9-6-7-14-8-9/h6-8,10H,2-5H2,1H3,(H,12,13). The van der Waals surface area contributed by atoms with Gasteiger partial charge in [-0.3, -0.25) is 4.79 Å². The Kier molecular flexibility index (Phi) is 4.66. The number of rotatable bonds is 6. The van der Waals surface area contributed by atoms with Gasteiger partial charge < -0.3 is 5.11 Å². The average Bonchev–Trinajstić information content (AvgIpc) is 2.64. The van der Waals surface area contributed by atoms with Crippen LogP contribution >= 0.6 is 11.3 Å². The van der Waals surface area contributed by atoms with E-state index < -0.39 is 5.97 Å². The van der Waals surface area contributed by atoms with Crippen molar-refractivity contribution in [3.8, 4) is 0 Å². The highest BCUT2D eigenvalue weighted by Crippen LogP contribution is 2.16. The molecule has 0 bridgehead atoms. The molecule has 0 radical (unpaired) electrons. The zero-order chi connectivity index (χ0) is 10.4. The molecule has 0 aliphatic heterocycles. The fraction of sp³-hybridized carbons (Fsp3) is 0.545. The van der Waals surface area contributed by atoms with Crippen molar-refractivity contribution in [3.63, 3.8) is 0 Å². The number of carboxylic acids is 1. The lowest BCUT2D eigenvalue weighted by Crippen LogP contribution is -2.14. The quantitative estimate of drug-likeness (QED) is 0.786. The summed E-state index contributed by atoms with van der Waals surface area (Å²) < 4.78 is 0. The molecule has 0 saturated heterocycles. The summed E-state index contributed by atoms with van der Waals surface area (Å²) in [6, 6.07) is 2.07. The molecule has 1 rings (SSSR count). The first-order valence-electron chi connectivity index (χ1n) is 4.98. The van der Waals surface area contributed by atoms with Crippen LogP contribution in [0.4, 0.5) is 0 Å². The van der Waals surface area contributed by atoms with Gasteiger partial charge in [0.05, 0.1) is 5.92 Å². The van der Waals surface area contributed by atoms with Crippen LogP contribution in [-0.2, 0) is 11.2 Å². The van der Waals surface area contributed by atoms with Crippen molar-refractivity contribution < 1.29 is 9.90 Å². The number of aliphatic carboxylic acids is 1. The van der Waals surface area contributed by atoms with Gasteiger partial charge in [0.1, 0.15) is 0 Å². The third-order valence-corrected chi connectivity index (χ3v) is 3.08. The Morgan fingerprint density at radius 1 is 1.57 bits per heavy atom. The molecule has 1 N–H and O–H groups in total. The van der Waals surface area contributed by atoms with Crippen molar-refractivity contribution in [2.75, 3.05) is 0 Å². The molecule has 0 fully saturated rings. The van der Waals surface area contributed by atoms with Crippen molar-refractivity contribution in [2.45, 2.75) is 32.6 Å². The second-order valence-corrected chi connectivity index (χ2v) is 4.27. The van der Waals surface area contributed by atoms with Gasteiger partial charge in [0, 0.05) is 0 Å². The summed E-state index contributed by atoms with van der Waals surface area (Å²) in [5.41, 5.74) is 1.26. The molecule has 0 aliphatic carbocycles. The second kappa shape index (κ2) is 5.81. The molecule has 0 spiro atoms. The summed E-state index contributed by atoms with van der Waals surface area (Å²) in [5, 5.41) is 13.1. The molecule has 78 valence electrons. The van der Waals surface area contributed by atoms with E-state index in [4.69, 9.17) is 5.11 Å². The minimum atomic E-state index is -0.651. The van der Waals surface area contributed by atoms with E-state index in [1.165, 1.54) is 5.56 Å². The Bertz CT molecular complexity index is 267. The van der Waals surface area contributed by atoms with Crippen LogP contribution in [0.5, 0.6) is 0 Å². The van der Waals surface area contributed by atoms with Crippen LogP contribution in [0.15, 0.2) is 16.8 Å². The van der Waals surface area contributed by atoms with Gasteiger partial charge in [-0.25, -0.2) is 0 Å². The summed E-state index contributed by atoms with van der Waals surface area (Å²) in [4.78, 5) is 10.9. The van der Waals surface area contributed by atoms with Crippen molar-refractivity contribution >= 4 is 17.3 Å². The van der Waals surface area contributed by atoms with E-state index in [0.717, 1.165) is 25.7 Å². The highest BCUT2D eigenvalue weighted by molar-refractivity contribution is 7.07. The monoisotopic (exact) mass is 212 g/mol. The first kappa shape index (κ1) is 11.2. The lowest BCUT2D eigenvalue weighted by atomic mass is 9.96. The molecular formula is C11H16O2S. The highest BCUT2D eigenvalue weighted by Gasteiger charge is 2.15. The van der Waals surface area contributed by atoms with E-state index >= 15 is 0 Å². The van der Waals surface area contributed by atoms with Crippen LogP contribution in [-0.4, -0.2) is 11.1 Å². The molecule has 0 amide bonds. The molecule has 0 saturated carbocycles. The van der Waals surface area contributed by atoms with Crippen LogP contribution in [0.25, 0.3) is 0 Å². The number of carbonyl (C=O) groups is 1. The number of thiophene rings is 1. The van der Waals surface area contributed by atoms with E-state index in [9.17, 15) is 4.79 Å². The Hall–Kier alpha value is -0.830. The minimum absolute atomic E-state index is 0.167. The van der Waals surface area contributed by atoms with Crippen LogP contribution in [0, 0.1) is 5.92 Å². The number of aryl methyl sites for hydroxylation is 1. The molecule has 1 aromatic heterocycles. The van der Waals surface area contributed by atoms with E-state index in [0.29, 0.717) is 0 Å². The van der Waals surface area contributed by atoms with Gasteiger partial charge in [-0.05, 0) is 41.7 Å². The third kappa shape index (κ3) is 3.50. The molecule has 0 aromatic carbocycles. The van der Waals surface area contributed by atoms with Crippen molar-refractivity contribution in [3.05, 3.63) is 22.4 Å². The maximum Gasteiger partial charge on any atom is 0.306 e. The van der Waals surface area contributed by atoms with E-state index in [1.807, 2.05) is 12.3 Å². The van der Waals surface area contributed by atoms with Gasteiger partial charge in [-0.2, -0.15) is 11.3 Å². The summed E-state index contributed by atoms with van der Waals surface area (Å²) >= 11 is 1.67. The first-order valence-corrected chi connectivity index (χ1v) is 5.92. The van der Waals surface area contributed by atoms with Gasteiger partial charge in [0.15, 0.2) is 0 Å². The smallest absolute Gasteiger partial charge is 0.306 e. The van der Waals surface area contributed by atoms with Crippen LogP contribution < -0.4 is 0 Å². The van der Waals surface area contributed by atoms with Crippen molar-refractivity contribution in [1.29, 1.82) is 0 Å². The summed E-state index contributed by atoms with van der Waals surface area (Å²) in [6.45, 7) is 2.03. The fourth-order valence-corrected chi connectivity index (χ4v) is 2.22. The molecule has 2 nitrogen and oxygen atoms in total. The van der Waals surface area contributed by atoms with Gasteiger partial charge >= 0.3 is 5.97 Å². The SMILES string of the molecule is CCCC(CCc1ccsc1)C(=O)O. The van der Waals surface area contributed by atoms with Gasteiger partial charge in [-0.15, -0.1) is 0 Å². The van der Waals surface area contributed by atoms with Gasteiger partial charge in [0.25, 0.3) is 0 Å². The first-order chi connectivity index (χ1) is 6.74. The normalized spacial score (nSPS) is 12.6. The summed E-state index contributed by atoms with van der Waals surface area (Å²) in [5.74, 6) is -0.818. The molecule has 1 aromatic rings. The van der Waals surface area contributed by atoms with Crippen LogP contribution in [0.2, 0.25) is 0 Å². The Balaban J connectivity index is 2.37. The topological polar surface area (TPSA) is 37.3 Å². The van der Waals surface area contributed by atoms with E-state index in [-0.39, 0.29) is 5.92 Å². The molecule has 1 unspecified atom stereocenters. The predicted molar refractivity (Wildman–Crippen MR) is 58.7 cm³/mol. The Morgan fingerprint density at radius 2 is 2.36 bits per heavy atom. The maximum absolute atomic E-state index is 10.9. The van der Waals surface area contributed by atoms with Crippen LogP contribution in [0.3, 0.4) is 0 Å². The average molecular weight is 212 g/mol. The largest absolute Gasteiger partial charge is 0.481 e. The summed E-state index contributed by atoms with van der Waals surface area (Å²) in [6.07, 6.45) is 3.39. The van der Waals surface area contributed by atoms with E-state index in [2.05, 4.69) is 11.4 Å². The van der Waals surface area contributed by atoms with Gasteiger partial charge in [-0.1, -0.05) is 13.3 Å². The minimum Gasteiger partial charge on any atom is -0.481 e. The number of hydrogen-bond acceptors (Lipinski definition) is 2. The molecule has 14 heavy (non-hydrogen) atoms. The predicted octanol–water partition coefficient (Wildman–Crippen LogP) is 3.18. The van der Waals surface area contributed by atoms with Crippen LogP contribution in [0.1, 0.15) is 31.7 Å². The van der Waals surface area contributed by atoms with E-state index in [1.54, 1.807) is 11.3 Å². The lowest BCUT2D eigenvalue weighted by molar-refractivity contribution is -0.142. The highest BCUT2D eigenvalue weighted by atomic mass is 32.1. The maximum atomic E-state index is 10.9. The molecule has 1 heterocycles. The number of carboxylic acid groups (broad SMARTS) is 1. The zero-order valence-corrected chi connectivity index (χ0v) is 9.22. The fourth-order valence-electron chi connectivity index (χ4n) is 1.52. The molecule has 3 heteroatoms. The van der Waals surface area contributed by atoms with Crippen molar-refractivity contribution in [1.82, 2.24) is 0 Å². The second-order valence-electron chi connectivity index (χ2n) is 3.49. The van der Waals surface area contributed by atoms with Gasteiger partial charge in [0.2, 0.25) is 0 Å². The summed E-state index contributed by atoms with van der Waals surface area (Å²) in [7, 11) is 0. The number of hydrogen-bond donors (Lipinski definition) is 1.